The van der Waals surface area contributed by atoms with E-state index in [4.69, 9.17) is 5.11 Å². The molecule has 0 atom stereocenters. The van der Waals surface area contributed by atoms with Crippen molar-refractivity contribution in [2.24, 2.45) is 0 Å². The van der Waals surface area contributed by atoms with E-state index in [9.17, 15) is 9.59 Å². The Kier molecular flexibility index (Phi) is 16.6. The molecule has 25 heavy (non-hydrogen) atoms. The molecule has 0 amide bonds. The second-order valence-corrected chi connectivity index (χ2v) is 5.88. The molecule has 0 rings (SSSR count). The average Bonchev–Trinajstić information content (AvgIpc) is 2.58. The van der Waals surface area contributed by atoms with Gasteiger partial charge >= 0.3 is 5.97 Å². The zero-order valence-corrected chi connectivity index (χ0v) is 15.4. The highest BCUT2D eigenvalue weighted by Crippen LogP contribution is 2.08. The number of carbonyl (C=O) groups excluding carboxylic acids is 1. The summed E-state index contributed by atoms with van der Waals surface area (Å²) in [5, 5.41) is 8.39. The second-order valence-electron chi connectivity index (χ2n) is 5.88. The molecule has 0 unspecified atom stereocenters. The molecule has 0 aliphatic carbocycles. The van der Waals surface area contributed by atoms with E-state index in [2.05, 4.69) is 13.0 Å². The molecule has 0 saturated heterocycles. The van der Waals surface area contributed by atoms with Crippen molar-refractivity contribution in [3.63, 3.8) is 0 Å². The number of hydrogen-bond acceptors (Lipinski definition) is 2. The smallest absolute Gasteiger partial charge is 0.328 e. The predicted octanol–water partition coefficient (Wildman–Crippen LogP) is 5.95. The maximum absolute atomic E-state index is 11.6. The van der Waals surface area contributed by atoms with Crippen molar-refractivity contribution in [1.82, 2.24) is 0 Å². The molecule has 0 aromatic carbocycles. The van der Waals surface area contributed by atoms with Gasteiger partial charge in [0.25, 0.3) is 0 Å². The minimum atomic E-state index is -0.973. The quantitative estimate of drug-likeness (QED) is 0.173. The number of carboxylic acids is 1. The number of hydrogen-bond donors (Lipinski definition) is 1. The normalized spacial score (nSPS) is 12.5. The maximum atomic E-state index is 11.6. The molecular weight excluding hydrogens is 312 g/mol. The first kappa shape index (κ1) is 22.8. The second kappa shape index (κ2) is 18.2. The number of carboxylic acid groups (broad SMARTS) is 1. The molecule has 0 spiro atoms. The van der Waals surface area contributed by atoms with Crippen molar-refractivity contribution in [2.45, 2.75) is 64.7 Å². The molecule has 0 aromatic rings. The standard InChI is InChI=1S/C22H32O3/c1-2-3-4-5-6-7-8-9-12-15-18-21(23)19-16-13-10-11-14-17-20-22(24)25/h10-17,19-20H,2-9,18H2,1H3,(H,24,25). The lowest BCUT2D eigenvalue weighted by atomic mass is 10.1. The van der Waals surface area contributed by atoms with Gasteiger partial charge in [0.15, 0.2) is 5.78 Å². The minimum Gasteiger partial charge on any atom is -0.478 e. The predicted molar refractivity (Wildman–Crippen MR) is 106 cm³/mol. The Morgan fingerprint density at radius 3 is 1.92 bits per heavy atom. The summed E-state index contributed by atoms with van der Waals surface area (Å²) in [5.74, 6) is -0.894. The molecule has 0 radical (unpaired) electrons. The van der Waals surface area contributed by atoms with Crippen molar-refractivity contribution < 1.29 is 14.7 Å². The van der Waals surface area contributed by atoms with E-state index in [-0.39, 0.29) is 5.78 Å². The number of carbonyl (C=O) groups is 2. The van der Waals surface area contributed by atoms with Gasteiger partial charge < -0.3 is 5.11 Å². The van der Waals surface area contributed by atoms with Crippen LogP contribution < -0.4 is 0 Å². The van der Waals surface area contributed by atoms with Crippen LogP contribution in [0.4, 0.5) is 0 Å². The monoisotopic (exact) mass is 344 g/mol. The fraction of sp³-hybridized carbons (Fsp3) is 0.455. The summed E-state index contributed by atoms with van der Waals surface area (Å²) < 4.78 is 0. The lowest BCUT2D eigenvalue weighted by Gasteiger charge is -1.98. The Morgan fingerprint density at radius 2 is 1.28 bits per heavy atom. The van der Waals surface area contributed by atoms with Crippen molar-refractivity contribution in [2.75, 3.05) is 0 Å². The van der Waals surface area contributed by atoms with Crippen molar-refractivity contribution in [1.29, 1.82) is 0 Å². The van der Waals surface area contributed by atoms with Crippen LogP contribution in [0.5, 0.6) is 0 Å². The van der Waals surface area contributed by atoms with Crippen LogP contribution in [-0.2, 0) is 9.59 Å². The van der Waals surface area contributed by atoms with Gasteiger partial charge in [0.1, 0.15) is 0 Å². The molecule has 3 heteroatoms. The maximum Gasteiger partial charge on any atom is 0.328 e. The van der Waals surface area contributed by atoms with Gasteiger partial charge in [-0.1, -0.05) is 94.1 Å². The van der Waals surface area contributed by atoms with Gasteiger partial charge in [0.2, 0.25) is 0 Å². The molecule has 0 aromatic heterocycles. The van der Waals surface area contributed by atoms with E-state index >= 15 is 0 Å². The summed E-state index contributed by atoms with van der Waals surface area (Å²) in [4.78, 5) is 21.8. The highest BCUT2D eigenvalue weighted by Gasteiger charge is 1.91. The van der Waals surface area contributed by atoms with Crippen LogP contribution in [0, 0.1) is 0 Å². The van der Waals surface area contributed by atoms with Crippen LogP contribution in [0.2, 0.25) is 0 Å². The van der Waals surface area contributed by atoms with E-state index in [0.29, 0.717) is 6.42 Å². The summed E-state index contributed by atoms with van der Waals surface area (Å²) in [6.45, 7) is 2.23. The van der Waals surface area contributed by atoms with E-state index in [1.807, 2.05) is 6.08 Å². The van der Waals surface area contributed by atoms with E-state index in [1.165, 1.54) is 51.0 Å². The molecule has 138 valence electrons. The zero-order chi connectivity index (χ0) is 18.6. The summed E-state index contributed by atoms with van der Waals surface area (Å²) >= 11 is 0. The SMILES string of the molecule is CCCCCCCCCC=CCC(=O)C=CC=CC=CC=CC(=O)O. The van der Waals surface area contributed by atoms with Gasteiger partial charge in [-0.15, -0.1) is 0 Å². The summed E-state index contributed by atoms with van der Waals surface area (Å²) in [6, 6.07) is 0. The summed E-state index contributed by atoms with van der Waals surface area (Å²) in [7, 11) is 0. The van der Waals surface area contributed by atoms with Crippen molar-refractivity contribution in [3.05, 3.63) is 60.8 Å². The van der Waals surface area contributed by atoms with Gasteiger partial charge in [-0.3, -0.25) is 4.79 Å². The van der Waals surface area contributed by atoms with Crippen LogP contribution in [0.25, 0.3) is 0 Å². The molecule has 0 bridgehead atoms. The van der Waals surface area contributed by atoms with Gasteiger partial charge in [0, 0.05) is 12.5 Å². The van der Waals surface area contributed by atoms with Gasteiger partial charge in [0.05, 0.1) is 0 Å². The Hall–Kier alpha value is -2.16. The molecular formula is C22H32O3. The highest BCUT2D eigenvalue weighted by atomic mass is 16.4. The molecule has 0 saturated carbocycles. The lowest BCUT2D eigenvalue weighted by molar-refractivity contribution is -0.131. The van der Waals surface area contributed by atoms with E-state index in [1.54, 1.807) is 36.5 Å². The van der Waals surface area contributed by atoms with Gasteiger partial charge in [-0.2, -0.15) is 0 Å². The Bertz CT molecular complexity index is 493. The van der Waals surface area contributed by atoms with E-state index in [0.717, 1.165) is 12.5 Å². The van der Waals surface area contributed by atoms with Gasteiger partial charge in [-0.25, -0.2) is 4.79 Å². The highest BCUT2D eigenvalue weighted by molar-refractivity contribution is 5.90. The molecule has 0 aliphatic heterocycles. The third-order valence-electron chi connectivity index (χ3n) is 3.54. The Morgan fingerprint density at radius 1 is 0.720 bits per heavy atom. The molecule has 1 N–H and O–H groups in total. The fourth-order valence-electron chi connectivity index (χ4n) is 2.16. The van der Waals surface area contributed by atoms with Crippen LogP contribution in [-0.4, -0.2) is 16.9 Å². The van der Waals surface area contributed by atoms with Crippen molar-refractivity contribution in [3.8, 4) is 0 Å². The third kappa shape index (κ3) is 19.8. The number of unbranched alkanes of at least 4 members (excludes halogenated alkanes) is 7. The van der Waals surface area contributed by atoms with Gasteiger partial charge in [-0.05, 0) is 18.9 Å². The first-order valence-corrected chi connectivity index (χ1v) is 9.25. The molecule has 0 heterocycles. The first-order valence-electron chi connectivity index (χ1n) is 9.25. The van der Waals surface area contributed by atoms with E-state index < -0.39 is 5.97 Å². The van der Waals surface area contributed by atoms with Crippen LogP contribution >= 0.6 is 0 Å². The Labute approximate surface area is 152 Å². The fourth-order valence-corrected chi connectivity index (χ4v) is 2.16. The van der Waals surface area contributed by atoms with Crippen molar-refractivity contribution >= 4 is 11.8 Å². The number of ketones is 1. The topological polar surface area (TPSA) is 54.4 Å². The minimum absolute atomic E-state index is 0.0789. The number of rotatable bonds is 15. The largest absolute Gasteiger partial charge is 0.478 e. The lowest BCUT2D eigenvalue weighted by Crippen LogP contribution is -1.88. The van der Waals surface area contributed by atoms with Crippen LogP contribution in [0.3, 0.4) is 0 Å². The molecule has 3 nitrogen and oxygen atoms in total. The Balaban J connectivity index is 3.66. The zero-order valence-electron chi connectivity index (χ0n) is 15.4. The summed E-state index contributed by atoms with van der Waals surface area (Å²) in [5.41, 5.74) is 0. The molecule has 0 aliphatic rings. The first-order chi connectivity index (χ1) is 12.2. The van der Waals surface area contributed by atoms with Crippen LogP contribution in [0.15, 0.2) is 60.8 Å². The van der Waals surface area contributed by atoms with Crippen LogP contribution in [0.1, 0.15) is 64.7 Å². The summed E-state index contributed by atoms with van der Waals surface area (Å²) in [6.07, 6.45) is 27.3. The number of allylic oxidation sites excluding steroid dienone is 9. The third-order valence-corrected chi connectivity index (χ3v) is 3.54. The number of aliphatic carboxylic acids is 1. The molecule has 0 fully saturated rings. The average molecular weight is 344 g/mol.